The van der Waals surface area contributed by atoms with Crippen molar-refractivity contribution in [3.8, 4) is 5.75 Å². The molecule has 94 valence electrons. The minimum atomic E-state index is -3.29. The number of para-hydroxylation sites is 1. The number of benzene rings is 1. The Kier molecular flexibility index (Phi) is 3.53. The fourth-order valence-corrected chi connectivity index (χ4v) is 2.65. The van der Waals surface area contributed by atoms with Gasteiger partial charge in [-0.1, -0.05) is 6.07 Å². The van der Waals surface area contributed by atoms with Crippen LogP contribution in [0.5, 0.6) is 5.75 Å². The molecule has 1 aromatic rings. The highest BCUT2D eigenvalue weighted by Gasteiger charge is 2.25. The maximum absolute atomic E-state index is 11.3. The molecule has 1 saturated carbocycles. The van der Waals surface area contributed by atoms with Gasteiger partial charge >= 0.3 is 0 Å². The Morgan fingerprint density at radius 3 is 2.65 bits per heavy atom. The Morgan fingerprint density at radius 1 is 1.41 bits per heavy atom. The molecule has 1 aromatic carbocycles. The molecule has 1 aliphatic carbocycles. The van der Waals surface area contributed by atoms with Crippen LogP contribution in [0.25, 0.3) is 0 Å². The highest BCUT2D eigenvalue weighted by molar-refractivity contribution is 7.99. The van der Waals surface area contributed by atoms with Crippen LogP contribution in [0.2, 0.25) is 0 Å². The molecular formula is C11H15NO3S2. The maximum atomic E-state index is 11.3. The van der Waals surface area contributed by atoms with E-state index in [0.29, 0.717) is 11.4 Å². The topological polar surface area (TPSA) is 55.4 Å². The molecule has 6 heteroatoms. The molecule has 0 bridgehead atoms. The lowest BCUT2D eigenvalue weighted by Gasteiger charge is -2.14. The summed E-state index contributed by atoms with van der Waals surface area (Å²) in [6, 6.07) is 5.54. The molecule has 0 saturated heterocycles. The van der Waals surface area contributed by atoms with Crippen LogP contribution in [-0.2, 0) is 10.0 Å². The third-order valence-electron chi connectivity index (χ3n) is 2.31. The second kappa shape index (κ2) is 4.78. The Morgan fingerprint density at radius 2 is 2.12 bits per heavy atom. The zero-order chi connectivity index (χ0) is 12.5. The van der Waals surface area contributed by atoms with E-state index in [4.69, 9.17) is 4.74 Å². The lowest BCUT2D eigenvalue weighted by atomic mass is 10.3. The summed E-state index contributed by atoms with van der Waals surface area (Å²) in [6.45, 7) is 0. The number of sulfonamides is 1. The molecule has 0 unspecified atom stereocenters. The van der Waals surface area contributed by atoms with Gasteiger partial charge in [-0.25, -0.2) is 8.42 Å². The standard InChI is InChI=1S/C11H15NO3S2/c1-16-10-5-3-4-9(15-8-6-7-8)11(10)12-17(2,13)14/h3-5,8,12H,6-7H2,1-2H3. The average molecular weight is 273 g/mol. The number of thioether (sulfide) groups is 1. The molecular weight excluding hydrogens is 258 g/mol. The molecule has 2 rings (SSSR count). The Labute approximate surface area is 106 Å². The molecule has 17 heavy (non-hydrogen) atoms. The first kappa shape index (κ1) is 12.6. The van der Waals surface area contributed by atoms with Crippen molar-refractivity contribution in [2.45, 2.75) is 23.8 Å². The van der Waals surface area contributed by atoms with E-state index in [0.717, 1.165) is 24.0 Å². The first-order chi connectivity index (χ1) is 7.99. The Balaban J connectivity index is 2.35. The average Bonchev–Trinajstić information content (AvgIpc) is 3.02. The summed E-state index contributed by atoms with van der Waals surface area (Å²) in [5.74, 6) is 0.616. The quantitative estimate of drug-likeness (QED) is 0.837. The summed E-state index contributed by atoms with van der Waals surface area (Å²) in [7, 11) is -3.29. The molecule has 0 spiro atoms. The molecule has 0 aromatic heterocycles. The number of hydrogen-bond acceptors (Lipinski definition) is 4. The smallest absolute Gasteiger partial charge is 0.229 e. The fourth-order valence-electron chi connectivity index (χ4n) is 1.43. The summed E-state index contributed by atoms with van der Waals surface area (Å²) in [6.07, 6.45) is 5.38. The minimum absolute atomic E-state index is 0.243. The van der Waals surface area contributed by atoms with Crippen LogP contribution < -0.4 is 9.46 Å². The molecule has 0 radical (unpaired) electrons. The predicted molar refractivity (Wildman–Crippen MR) is 70.3 cm³/mol. The molecule has 1 N–H and O–H groups in total. The van der Waals surface area contributed by atoms with Gasteiger partial charge in [-0.2, -0.15) is 0 Å². The zero-order valence-electron chi connectivity index (χ0n) is 9.76. The summed E-state index contributed by atoms with van der Waals surface area (Å²) >= 11 is 1.49. The molecule has 0 amide bonds. The van der Waals surface area contributed by atoms with Crippen molar-refractivity contribution in [3.63, 3.8) is 0 Å². The van der Waals surface area contributed by atoms with Crippen molar-refractivity contribution in [1.29, 1.82) is 0 Å². The molecule has 0 aliphatic heterocycles. The molecule has 0 atom stereocenters. The van der Waals surface area contributed by atoms with E-state index in [1.807, 2.05) is 18.4 Å². The van der Waals surface area contributed by atoms with Gasteiger partial charge in [0.05, 0.1) is 12.4 Å². The fraction of sp³-hybridized carbons (Fsp3) is 0.455. The van der Waals surface area contributed by atoms with Crippen molar-refractivity contribution in [1.82, 2.24) is 0 Å². The van der Waals surface area contributed by atoms with Gasteiger partial charge in [-0.3, -0.25) is 4.72 Å². The van der Waals surface area contributed by atoms with E-state index >= 15 is 0 Å². The second-order valence-corrected chi connectivity index (χ2v) is 6.62. The van der Waals surface area contributed by atoms with E-state index in [2.05, 4.69) is 4.72 Å². The highest BCUT2D eigenvalue weighted by Crippen LogP contribution is 2.38. The largest absolute Gasteiger partial charge is 0.488 e. The summed E-state index contributed by atoms with van der Waals surface area (Å²) in [5, 5.41) is 0. The Hall–Kier alpha value is -0.880. The van der Waals surface area contributed by atoms with Crippen molar-refractivity contribution in [2.75, 3.05) is 17.2 Å². The van der Waals surface area contributed by atoms with E-state index in [-0.39, 0.29) is 6.10 Å². The summed E-state index contributed by atoms with van der Waals surface area (Å²) in [4.78, 5) is 0.869. The van der Waals surface area contributed by atoms with E-state index < -0.39 is 10.0 Å². The SMILES string of the molecule is CSc1cccc(OC2CC2)c1NS(C)(=O)=O. The molecule has 0 heterocycles. The van der Waals surface area contributed by atoms with Crippen LogP contribution >= 0.6 is 11.8 Å². The van der Waals surface area contributed by atoms with Crippen LogP contribution in [-0.4, -0.2) is 27.0 Å². The van der Waals surface area contributed by atoms with E-state index in [1.54, 1.807) is 6.07 Å². The monoisotopic (exact) mass is 273 g/mol. The van der Waals surface area contributed by atoms with Crippen molar-refractivity contribution >= 4 is 27.5 Å². The minimum Gasteiger partial charge on any atom is -0.488 e. The highest BCUT2D eigenvalue weighted by atomic mass is 32.2. The van der Waals surface area contributed by atoms with Crippen LogP contribution in [0, 0.1) is 0 Å². The first-order valence-electron chi connectivity index (χ1n) is 5.31. The van der Waals surface area contributed by atoms with Gasteiger partial charge in [0.1, 0.15) is 11.4 Å². The van der Waals surface area contributed by atoms with Crippen molar-refractivity contribution < 1.29 is 13.2 Å². The summed E-state index contributed by atoms with van der Waals surface area (Å²) in [5.41, 5.74) is 0.550. The predicted octanol–water partition coefficient (Wildman–Crippen LogP) is 2.32. The van der Waals surface area contributed by atoms with Gasteiger partial charge in [0.2, 0.25) is 10.0 Å². The third-order valence-corrected chi connectivity index (χ3v) is 3.67. The lowest BCUT2D eigenvalue weighted by molar-refractivity contribution is 0.304. The van der Waals surface area contributed by atoms with Gasteiger partial charge < -0.3 is 4.74 Å². The van der Waals surface area contributed by atoms with E-state index in [9.17, 15) is 8.42 Å². The first-order valence-corrected chi connectivity index (χ1v) is 8.42. The maximum Gasteiger partial charge on any atom is 0.229 e. The number of anilines is 1. The van der Waals surface area contributed by atoms with Gasteiger partial charge in [0.25, 0.3) is 0 Å². The van der Waals surface area contributed by atoms with Crippen LogP contribution in [0.4, 0.5) is 5.69 Å². The number of nitrogens with one attached hydrogen (secondary N) is 1. The van der Waals surface area contributed by atoms with Gasteiger partial charge in [-0.05, 0) is 31.2 Å². The van der Waals surface area contributed by atoms with Gasteiger partial charge in [0, 0.05) is 4.90 Å². The van der Waals surface area contributed by atoms with Gasteiger partial charge in [0.15, 0.2) is 0 Å². The lowest BCUT2D eigenvalue weighted by Crippen LogP contribution is -2.12. The molecule has 1 aliphatic rings. The Bertz CT molecular complexity index is 509. The number of ether oxygens (including phenoxy) is 1. The second-order valence-electron chi connectivity index (χ2n) is 4.02. The van der Waals surface area contributed by atoms with Crippen LogP contribution in [0.1, 0.15) is 12.8 Å². The zero-order valence-corrected chi connectivity index (χ0v) is 11.4. The van der Waals surface area contributed by atoms with Crippen molar-refractivity contribution in [2.24, 2.45) is 0 Å². The summed E-state index contributed by atoms with van der Waals surface area (Å²) < 4.78 is 30.9. The van der Waals surface area contributed by atoms with Crippen molar-refractivity contribution in [3.05, 3.63) is 18.2 Å². The van der Waals surface area contributed by atoms with E-state index in [1.165, 1.54) is 11.8 Å². The van der Waals surface area contributed by atoms with Crippen LogP contribution in [0.3, 0.4) is 0 Å². The molecule has 4 nitrogen and oxygen atoms in total. The molecule has 1 fully saturated rings. The number of hydrogen-bond donors (Lipinski definition) is 1. The van der Waals surface area contributed by atoms with Gasteiger partial charge in [-0.15, -0.1) is 11.8 Å². The third kappa shape index (κ3) is 3.54. The number of rotatable bonds is 5. The normalized spacial score (nSPS) is 15.6. The van der Waals surface area contributed by atoms with Crippen LogP contribution in [0.15, 0.2) is 23.1 Å².